The van der Waals surface area contributed by atoms with Crippen molar-refractivity contribution in [3.63, 3.8) is 0 Å². The summed E-state index contributed by atoms with van der Waals surface area (Å²) in [6, 6.07) is 22.1. The minimum absolute atomic E-state index is 0.102. The van der Waals surface area contributed by atoms with E-state index in [9.17, 15) is 4.79 Å². The van der Waals surface area contributed by atoms with Gasteiger partial charge < -0.3 is 14.8 Å². The van der Waals surface area contributed by atoms with E-state index in [2.05, 4.69) is 23.5 Å². The van der Waals surface area contributed by atoms with Crippen molar-refractivity contribution in [3.05, 3.63) is 72.3 Å². The van der Waals surface area contributed by atoms with E-state index in [0.29, 0.717) is 12.3 Å². The lowest BCUT2D eigenvalue weighted by molar-refractivity contribution is -0.127. The zero-order valence-electron chi connectivity index (χ0n) is 17.4. The fourth-order valence-electron chi connectivity index (χ4n) is 3.19. The molecule has 0 fully saturated rings. The van der Waals surface area contributed by atoms with Crippen LogP contribution in [0.4, 0.5) is 0 Å². The Kier molecular flexibility index (Phi) is 7.12. The van der Waals surface area contributed by atoms with Crippen LogP contribution in [0, 0.1) is 0 Å². The largest absolute Gasteiger partial charge is 0.491 e. The van der Waals surface area contributed by atoms with Crippen LogP contribution in [-0.2, 0) is 11.2 Å². The van der Waals surface area contributed by atoms with Crippen LogP contribution in [0.15, 0.2) is 66.7 Å². The summed E-state index contributed by atoms with van der Waals surface area (Å²) in [4.78, 5) is 12.3. The number of ether oxygens (including phenoxy) is 2. The SMILES string of the molecule is CC(C)Oc1cccc(CCCNC(=O)[C@@H](C)Oc2ccc3ccccc3c2)c1. The van der Waals surface area contributed by atoms with Gasteiger partial charge in [0.25, 0.3) is 5.91 Å². The van der Waals surface area contributed by atoms with Crippen molar-refractivity contribution >= 4 is 16.7 Å². The Balaban J connectivity index is 1.44. The van der Waals surface area contributed by atoms with E-state index in [1.807, 2.05) is 62.4 Å². The molecule has 29 heavy (non-hydrogen) atoms. The third-order valence-corrected chi connectivity index (χ3v) is 4.61. The van der Waals surface area contributed by atoms with E-state index in [1.165, 1.54) is 5.56 Å². The maximum absolute atomic E-state index is 12.3. The van der Waals surface area contributed by atoms with E-state index < -0.39 is 6.10 Å². The van der Waals surface area contributed by atoms with Gasteiger partial charge in [-0.15, -0.1) is 0 Å². The number of hydrogen-bond acceptors (Lipinski definition) is 3. The number of nitrogens with one attached hydrogen (secondary N) is 1. The van der Waals surface area contributed by atoms with Crippen LogP contribution in [-0.4, -0.2) is 24.7 Å². The van der Waals surface area contributed by atoms with Crippen molar-refractivity contribution < 1.29 is 14.3 Å². The standard InChI is InChI=1S/C25H29NO3/c1-18(2)28-23-12-6-8-20(16-23)9-7-15-26-25(27)19(3)29-24-14-13-21-10-4-5-11-22(21)17-24/h4-6,8,10-14,16-19H,7,9,15H2,1-3H3,(H,26,27)/t19-/m1/s1. The summed E-state index contributed by atoms with van der Waals surface area (Å²) < 4.78 is 11.6. The first kappa shape index (κ1) is 20.7. The van der Waals surface area contributed by atoms with E-state index >= 15 is 0 Å². The summed E-state index contributed by atoms with van der Waals surface area (Å²) in [5, 5.41) is 5.21. The highest BCUT2D eigenvalue weighted by Gasteiger charge is 2.14. The molecule has 0 saturated carbocycles. The fourth-order valence-corrected chi connectivity index (χ4v) is 3.19. The van der Waals surface area contributed by atoms with Crippen LogP contribution in [0.2, 0.25) is 0 Å². The highest BCUT2D eigenvalue weighted by molar-refractivity contribution is 5.84. The molecule has 0 bridgehead atoms. The topological polar surface area (TPSA) is 47.6 Å². The van der Waals surface area contributed by atoms with Crippen molar-refractivity contribution in [2.45, 2.75) is 45.8 Å². The van der Waals surface area contributed by atoms with Gasteiger partial charge in [0.1, 0.15) is 11.5 Å². The minimum atomic E-state index is -0.543. The molecular weight excluding hydrogens is 362 g/mol. The molecule has 0 unspecified atom stereocenters. The number of amides is 1. The van der Waals surface area contributed by atoms with Gasteiger partial charge in [-0.1, -0.05) is 42.5 Å². The molecule has 4 nitrogen and oxygen atoms in total. The average molecular weight is 392 g/mol. The second kappa shape index (κ2) is 9.97. The van der Waals surface area contributed by atoms with Gasteiger partial charge in [0.15, 0.2) is 6.10 Å². The first-order valence-corrected chi connectivity index (χ1v) is 10.2. The third-order valence-electron chi connectivity index (χ3n) is 4.61. The average Bonchev–Trinajstić information content (AvgIpc) is 2.70. The van der Waals surface area contributed by atoms with Crippen LogP contribution < -0.4 is 14.8 Å². The predicted octanol–water partition coefficient (Wildman–Crippen LogP) is 5.14. The van der Waals surface area contributed by atoms with Gasteiger partial charge in [-0.05, 0) is 74.2 Å². The molecule has 0 spiro atoms. The Bertz CT molecular complexity index is 951. The van der Waals surface area contributed by atoms with Crippen LogP contribution in [0.5, 0.6) is 11.5 Å². The summed E-state index contributed by atoms with van der Waals surface area (Å²) in [6.45, 7) is 6.42. The Labute approximate surface area is 172 Å². The van der Waals surface area contributed by atoms with E-state index in [1.54, 1.807) is 6.92 Å². The second-order valence-electron chi connectivity index (χ2n) is 7.48. The summed E-state index contributed by atoms with van der Waals surface area (Å²) in [5.41, 5.74) is 1.21. The lowest BCUT2D eigenvalue weighted by atomic mass is 10.1. The highest BCUT2D eigenvalue weighted by Crippen LogP contribution is 2.21. The summed E-state index contributed by atoms with van der Waals surface area (Å²) in [6.07, 6.45) is 1.36. The van der Waals surface area contributed by atoms with Gasteiger partial charge in [0.05, 0.1) is 6.10 Å². The molecule has 3 aromatic rings. The van der Waals surface area contributed by atoms with Crippen LogP contribution in [0.3, 0.4) is 0 Å². The molecule has 0 heterocycles. The zero-order chi connectivity index (χ0) is 20.6. The fraction of sp³-hybridized carbons (Fsp3) is 0.320. The number of benzene rings is 3. The molecule has 0 aromatic heterocycles. The molecule has 1 N–H and O–H groups in total. The van der Waals surface area contributed by atoms with Crippen molar-refractivity contribution in [2.75, 3.05) is 6.54 Å². The maximum Gasteiger partial charge on any atom is 0.260 e. The van der Waals surface area contributed by atoms with Crippen molar-refractivity contribution in [2.24, 2.45) is 0 Å². The highest BCUT2D eigenvalue weighted by atomic mass is 16.5. The molecule has 3 rings (SSSR count). The zero-order valence-corrected chi connectivity index (χ0v) is 17.4. The van der Waals surface area contributed by atoms with Gasteiger partial charge in [0.2, 0.25) is 0 Å². The van der Waals surface area contributed by atoms with Gasteiger partial charge in [-0.25, -0.2) is 0 Å². The maximum atomic E-state index is 12.3. The van der Waals surface area contributed by atoms with E-state index in [0.717, 1.165) is 29.4 Å². The van der Waals surface area contributed by atoms with Gasteiger partial charge >= 0.3 is 0 Å². The molecule has 1 amide bonds. The quantitative estimate of drug-likeness (QED) is 0.514. The van der Waals surface area contributed by atoms with Gasteiger partial charge in [-0.2, -0.15) is 0 Å². The van der Waals surface area contributed by atoms with E-state index in [4.69, 9.17) is 9.47 Å². The normalized spacial score (nSPS) is 12.0. The third kappa shape index (κ3) is 6.24. The molecule has 3 aromatic carbocycles. The van der Waals surface area contributed by atoms with Gasteiger partial charge in [-0.3, -0.25) is 4.79 Å². The summed E-state index contributed by atoms with van der Waals surface area (Å²) in [5.74, 6) is 1.49. The number of rotatable bonds is 9. The second-order valence-corrected chi connectivity index (χ2v) is 7.48. The van der Waals surface area contributed by atoms with Crippen LogP contribution in [0.1, 0.15) is 32.8 Å². The smallest absolute Gasteiger partial charge is 0.260 e. The monoisotopic (exact) mass is 391 g/mol. The molecule has 4 heteroatoms. The molecule has 1 atom stereocenters. The summed E-state index contributed by atoms with van der Waals surface area (Å²) in [7, 11) is 0. The number of aryl methyl sites for hydroxylation is 1. The van der Waals surface area contributed by atoms with Crippen LogP contribution >= 0.6 is 0 Å². The van der Waals surface area contributed by atoms with Crippen molar-refractivity contribution in [1.29, 1.82) is 0 Å². The van der Waals surface area contributed by atoms with Gasteiger partial charge in [0, 0.05) is 6.54 Å². The lowest BCUT2D eigenvalue weighted by Crippen LogP contribution is -2.36. The Morgan fingerprint density at radius 3 is 2.41 bits per heavy atom. The molecule has 152 valence electrons. The first-order valence-electron chi connectivity index (χ1n) is 10.2. The molecule has 0 radical (unpaired) electrons. The van der Waals surface area contributed by atoms with Crippen molar-refractivity contribution in [3.8, 4) is 11.5 Å². The molecule has 0 aliphatic carbocycles. The molecule has 0 saturated heterocycles. The first-order chi connectivity index (χ1) is 14.0. The number of carbonyl (C=O) groups is 1. The molecule has 0 aliphatic heterocycles. The Hall–Kier alpha value is -3.01. The molecule has 0 aliphatic rings. The van der Waals surface area contributed by atoms with Crippen LogP contribution in [0.25, 0.3) is 10.8 Å². The number of fused-ring (bicyclic) bond motifs is 1. The lowest BCUT2D eigenvalue weighted by Gasteiger charge is -2.15. The number of carbonyl (C=O) groups excluding carboxylic acids is 1. The van der Waals surface area contributed by atoms with E-state index in [-0.39, 0.29) is 12.0 Å². The molecular formula is C25H29NO3. The van der Waals surface area contributed by atoms with Crippen molar-refractivity contribution in [1.82, 2.24) is 5.32 Å². The number of hydrogen-bond donors (Lipinski definition) is 1. The predicted molar refractivity (Wildman–Crippen MR) is 118 cm³/mol. The Morgan fingerprint density at radius 1 is 0.862 bits per heavy atom. The summed E-state index contributed by atoms with van der Waals surface area (Å²) >= 11 is 0. The Morgan fingerprint density at radius 2 is 1.62 bits per heavy atom. The minimum Gasteiger partial charge on any atom is -0.491 e.